The van der Waals surface area contributed by atoms with E-state index in [1.54, 1.807) is 12.1 Å². The van der Waals surface area contributed by atoms with Crippen LogP contribution in [-0.2, 0) is 9.47 Å². The molecule has 0 saturated carbocycles. The Morgan fingerprint density at radius 2 is 0.837 bits per heavy atom. The molecule has 1 rings (SSSR count). The van der Waals surface area contributed by atoms with Gasteiger partial charge in [0.15, 0.2) is 0 Å². The van der Waals surface area contributed by atoms with Crippen LogP contribution in [0.3, 0.4) is 0 Å². The van der Waals surface area contributed by atoms with E-state index in [0.717, 1.165) is 12.8 Å². The number of aromatic hydroxyl groups is 1. The molecule has 0 spiro atoms. The maximum absolute atomic E-state index is 10.4. The number of benzene rings is 1. The van der Waals surface area contributed by atoms with Gasteiger partial charge < -0.3 is 35.4 Å². The summed E-state index contributed by atoms with van der Waals surface area (Å²) in [5.41, 5.74) is 1.19. The second kappa shape index (κ2) is 34.9. The molecule has 0 aliphatic carbocycles. The maximum atomic E-state index is 10.4. The van der Waals surface area contributed by atoms with E-state index in [2.05, 4.69) is 24.5 Å². The van der Waals surface area contributed by atoms with Crippen molar-refractivity contribution in [2.24, 2.45) is 0 Å². The van der Waals surface area contributed by atoms with E-state index >= 15 is 0 Å². The molecule has 0 bridgehead atoms. The molecule has 288 valence electrons. The summed E-state index contributed by atoms with van der Waals surface area (Å²) >= 11 is 0. The van der Waals surface area contributed by atoms with E-state index in [0.29, 0.717) is 31.1 Å². The number of hydrogen-bond acceptors (Lipinski definition) is 7. The van der Waals surface area contributed by atoms with Gasteiger partial charge in [-0.15, -0.1) is 0 Å². The van der Waals surface area contributed by atoms with E-state index in [4.69, 9.17) is 9.47 Å². The molecule has 0 aromatic heterocycles. The fraction of sp³-hybridized carbons (Fsp3) is 0.857. The predicted octanol–water partition coefficient (Wildman–Crippen LogP) is 11.2. The average Bonchev–Trinajstić information content (AvgIpc) is 3.10. The summed E-state index contributed by atoms with van der Waals surface area (Å²) in [5, 5.41) is 37.7. The van der Waals surface area contributed by atoms with Gasteiger partial charge in [-0.3, -0.25) is 0 Å². The summed E-state index contributed by atoms with van der Waals surface area (Å²) in [6, 6.07) is 5.22. The molecule has 0 saturated heterocycles. The largest absolute Gasteiger partial charge is 0.506 e. The van der Waals surface area contributed by atoms with Gasteiger partial charge in [-0.25, -0.2) is 0 Å². The molecule has 0 fully saturated rings. The monoisotopic (exact) mass is 693 g/mol. The van der Waals surface area contributed by atoms with Crippen molar-refractivity contribution in [1.82, 2.24) is 0 Å². The first-order valence-electron chi connectivity index (χ1n) is 20.9. The van der Waals surface area contributed by atoms with Gasteiger partial charge in [0, 0.05) is 26.3 Å². The molecule has 0 amide bonds. The number of nitrogens with one attached hydrogen (secondary N) is 2. The van der Waals surface area contributed by atoms with Crippen LogP contribution in [0.1, 0.15) is 181 Å². The number of phenolic OH excluding ortho intramolecular Hbond substituents is 1. The summed E-state index contributed by atoms with van der Waals surface area (Å²) in [7, 11) is 0. The van der Waals surface area contributed by atoms with Gasteiger partial charge in [-0.05, 0) is 25.0 Å². The Kier molecular flexibility index (Phi) is 32.4. The van der Waals surface area contributed by atoms with Crippen LogP contribution in [-0.4, -0.2) is 67.0 Å². The van der Waals surface area contributed by atoms with Gasteiger partial charge in [0.1, 0.15) is 11.4 Å². The van der Waals surface area contributed by atoms with E-state index < -0.39 is 12.2 Å². The highest BCUT2D eigenvalue weighted by Crippen LogP contribution is 2.31. The summed E-state index contributed by atoms with van der Waals surface area (Å²) < 4.78 is 11.4. The van der Waals surface area contributed by atoms with Crippen LogP contribution in [0.25, 0.3) is 0 Å². The molecule has 0 heterocycles. The summed E-state index contributed by atoms with van der Waals surface area (Å²) in [6.45, 7) is 6.99. The minimum Gasteiger partial charge on any atom is -0.506 e. The average molecular weight is 693 g/mol. The molecular formula is C42H80N2O5. The first-order chi connectivity index (χ1) is 24.1. The highest BCUT2D eigenvalue weighted by atomic mass is 16.5. The summed E-state index contributed by atoms with van der Waals surface area (Å²) in [4.78, 5) is 0. The Morgan fingerprint density at radius 1 is 0.490 bits per heavy atom. The van der Waals surface area contributed by atoms with Gasteiger partial charge >= 0.3 is 0 Å². The van der Waals surface area contributed by atoms with Crippen molar-refractivity contribution in [1.29, 1.82) is 0 Å². The number of hydrogen-bond donors (Lipinski definition) is 5. The fourth-order valence-electron chi connectivity index (χ4n) is 6.32. The number of anilines is 2. The summed E-state index contributed by atoms with van der Waals surface area (Å²) in [6.07, 6.45) is 33.1. The zero-order valence-corrected chi connectivity index (χ0v) is 32.2. The Balaban J connectivity index is 2.04. The lowest BCUT2D eigenvalue weighted by Crippen LogP contribution is -2.27. The Morgan fingerprint density at radius 3 is 1.22 bits per heavy atom. The Labute approximate surface area is 302 Å². The van der Waals surface area contributed by atoms with Crippen LogP contribution in [0, 0.1) is 0 Å². The van der Waals surface area contributed by atoms with Crippen molar-refractivity contribution in [3.8, 4) is 5.75 Å². The molecule has 1 aromatic carbocycles. The molecule has 0 radical (unpaired) electrons. The van der Waals surface area contributed by atoms with Crippen LogP contribution in [0.2, 0.25) is 0 Å². The number of ether oxygens (including phenoxy) is 2. The van der Waals surface area contributed by atoms with Crippen molar-refractivity contribution >= 4 is 11.4 Å². The number of para-hydroxylation sites is 1. The standard InChI is InChI=1S/C42H80N2O5/c1-3-5-7-9-11-13-15-17-19-21-23-25-27-32-48-36-38(45)34-43-40-30-29-31-41(47)42(40)44-35-39(46)37-49-33-28-26-24-22-20-18-16-14-12-10-8-6-4-2/h29-31,38-39,43-47H,3-28,32-37H2,1-2H3. The molecule has 5 N–H and O–H groups in total. The summed E-state index contributed by atoms with van der Waals surface area (Å²) in [5.74, 6) is 0.0956. The third kappa shape index (κ3) is 28.8. The van der Waals surface area contributed by atoms with Crippen molar-refractivity contribution in [2.75, 3.05) is 50.2 Å². The van der Waals surface area contributed by atoms with E-state index in [-0.39, 0.29) is 25.5 Å². The third-order valence-corrected chi connectivity index (χ3v) is 9.49. The van der Waals surface area contributed by atoms with Crippen LogP contribution >= 0.6 is 0 Å². The molecule has 0 aliphatic heterocycles. The van der Waals surface area contributed by atoms with Crippen LogP contribution in [0.15, 0.2) is 18.2 Å². The van der Waals surface area contributed by atoms with Gasteiger partial charge in [0.2, 0.25) is 0 Å². The second-order valence-electron chi connectivity index (χ2n) is 14.4. The smallest absolute Gasteiger partial charge is 0.140 e. The fourth-order valence-corrected chi connectivity index (χ4v) is 6.32. The van der Waals surface area contributed by atoms with Crippen molar-refractivity contribution < 1.29 is 24.8 Å². The number of rotatable bonds is 38. The second-order valence-corrected chi connectivity index (χ2v) is 14.4. The number of aliphatic hydroxyl groups excluding tert-OH is 2. The maximum Gasteiger partial charge on any atom is 0.140 e. The minimum absolute atomic E-state index is 0.0956. The number of unbranched alkanes of at least 4 members (excludes halogenated alkanes) is 24. The van der Waals surface area contributed by atoms with Gasteiger partial charge in [0.05, 0.1) is 31.1 Å². The Hall–Kier alpha value is -1.54. The number of aliphatic hydroxyl groups is 2. The zero-order chi connectivity index (χ0) is 35.5. The SMILES string of the molecule is CCCCCCCCCCCCCCCOCC(O)CNc1cccc(O)c1NCC(O)COCCCCCCCCCCCCCCC. The lowest BCUT2D eigenvalue weighted by molar-refractivity contribution is 0.0414. The van der Waals surface area contributed by atoms with Crippen molar-refractivity contribution in [3.63, 3.8) is 0 Å². The lowest BCUT2D eigenvalue weighted by Gasteiger charge is -2.19. The molecular weight excluding hydrogens is 612 g/mol. The van der Waals surface area contributed by atoms with Gasteiger partial charge in [-0.1, -0.05) is 174 Å². The molecule has 1 aromatic rings. The molecule has 49 heavy (non-hydrogen) atoms. The first-order valence-corrected chi connectivity index (χ1v) is 20.9. The van der Waals surface area contributed by atoms with Crippen LogP contribution in [0.4, 0.5) is 11.4 Å². The van der Waals surface area contributed by atoms with Gasteiger partial charge in [-0.2, -0.15) is 0 Å². The third-order valence-electron chi connectivity index (χ3n) is 9.49. The van der Waals surface area contributed by atoms with E-state index in [1.807, 2.05) is 6.07 Å². The quantitative estimate of drug-likeness (QED) is 0.0347. The zero-order valence-electron chi connectivity index (χ0n) is 32.2. The Bertz CT molecular complexity index is 826. The normalized spacial score (nSPS) is 12.7. The molecule has 0 aliphatic rings. The first kappa shape index (κ1) is 45.5. The molecule has 7 heteroatoms. The molecule has 2 unspecified atom stereocenters. The molecule has 7 nitrogen and oxygen atoms in total. The highest BCUT2D eigenvalue weighted by Gasteiger charge is 2.12. The topological polar surface area (TPSA) is 103 Å². The van der Waals surface area contributed by atoms with E-state index in [9.17, 15) is 15.3 Å². The highest BCUT2D eigenvalue weighted by molar-refractivity contribution is 5.75. The van der Waals surface area contributed by atoms with Crippen LogP contribution in [0.5, 0.6) is 5.75 Å². The van der Waals surface area contributed by atoms with Gasteiger partial charge in [0.25, 0.3) is 0 Å². The lowest BCUT2D eigenvalue weighted by atomic mass is 10.0. The predicted molar refractivity (Wildman–Crippen MR) is 210 cm³/mol. The van der Waals surface area contributed by atoms with Crippen molar-refractivity contribution in [2.45, 2.75) is 193 Å². The van der Waals surface area contributed by atoms with Crippen molar-refractivity contribution in [3.05, 3.63) is 18.2 Å². The molecule has 2 atom stereocenters. The van der Waals surface area contributed by atoms with E-state index in [1.165, 1.54) is 154 Å². The minimum atomic E-state index is -0.682. The van der Waals surface area contributed by atoms with Crippen LogP contribution < -0.4 is 10.6 Å². The number of phenols is 1.